The molecule has 0 aliphatic rings. The highest BCUT2D eigenvalue weighted by Crippen LogP contribution is 2.27. The zero-order valence-electron chi connectivity index (χ0n) is 10.4. The summed E-state index contributed by atoms with van der Waals surface area (Å²) < 4.78 is 0. The fraction of sp³-hybridized carbons (Fsp3) is 0.154. The van der Waals surface area contributed by atoms with Gasteiger partial charge in [0.25, 0.3) is 0 Å². The number of hydrogen-bond acceptors (Lipinski definition) is 3. The van der Waals surface area contributed by atoms with Crippen LogP contribution in [0.4, 0.5) is 0 Å². The van der Waals surface area contributed by atoms with Crippen molar-refractivity contribution in [1.82, 2.24) is 10.2 Å². The molecule has 19 heavy (non-hydrogen) atoms. The maximum Gasteiger partial charge on any atom is 0.335 e. The van der Waals surface area contributed by atoms with Crippen molar-refractivity contribution < 1.29 is 19.8 Å². The second-order valence-corrected chi connectivity index (χ2v) is 4.22. The number of rotatable bonds is 3. The Morgan fingerprint density at radius 2 is 1.58 bits per heavy atom. The van der Waals surface area contributed by atoms with Gasteiger partial charge in [-0.05, 0) is 37.6 Å². The number of H-pyrrole nitrogens is 1. The average molecular weight is 260 g/mol. The van der Waals surface area contributed by atoms with Crippen LogP contribution in [0.25, 0.3) is 11.1 Å². The Labute approximate surface area is 108 Å². The maximum atomic E-state index is 11.1. The molecule has 1 aromatic heterocycles. The van der Waals surface area contributed by atoms with Gasteiger partial charge in [-0.2, -0.15) is 5.10 Å². The van der Waals surface area contributed by atoms with Crippen molar-refractivity contribution in [3.8, 4) is 11.1 Å². The van der Waals surface area contributed by atoms with Crippen molar-refractivity contribution in [3.05, 3.63) is 40.7 Å². The molecule has 0 amide bonds. The summed E-state index contributed by atoms with van der Waals surface area (Å²) in [5.74, 6) is -2.33. The lowest BCUT2D eigenvalue weighted by Crippen LogP contribution is -2.03. The topological polar surface area (TPSA) is 103 Å². The maximum absolute atomic E-state index is 11.1. The number of aromatic nitrogens is 2. The number of aromatic amines is 1. The average Bonchev–Trinajstić information content (AvgIpc) is 2.68. The Hall–Kier alpha value is -2.63. The van der Waals surface area contributed by atoms with Crippen molar-refractivity contribution in [3.63, 3.8) is 0 Å². The van der Waals surface area contributed by atoms with Crippen LogP contribution in [-0.4, -0.2) is 32.3 Å². The zero-order chi connectivity index (χ0) is 14.2. The largest absolute Gasteiger partial charge is 0.478 e. The second kappa shape index (κ2) is 4.56. The van der Waals surface area contributed by atoms with Crippen LogP contribution in [0.1, 0.15) is 32.1 Å². The lowest BCUT2D eigenvalue weighted by atomic mass is 9.98. The highest BCUT2D eigenvalue weighted by Gasteiger charge is 2.15. The highest BCUT2D eigenvalue weighted by molar-refractivity contribution is 5.96. The van der Waals surface area contributed by atoms with Crippen LogP contribution >= 0.6 is 0 Å². The minimum atomic E-state index is -1.16. The molecule has 0 atom stereocenters. The molecular weight excluding hydrogens is 248 g/mol. The van der Waals surface area contributed by atoms with Crippen molar-refractivity contribution in [2.45, 2.75) is 13.8 Å². The first-order chi connectivity index (χ1) is 8.90. The number of aromatic carboxylic acids is 2. The van der Waals surface area contributed by atoms with Crippen LogP contribution in [-0.2, 0) is 0 Å². The number of carboxylic acid groups (broad SMARTS) is 2. The summed E-state index contributed by atoms with van der Waals surface area (Å²) >= 11 is 0. The quantitative estimate of drug-likeness (QED) is 0.784. The van der Waals surface area contributed by atoms with Gasteiger partial charge in [0.15, 0.2) is 0 Å². The van der Waals surface area contributed by atoms with Crippen LogP contribution < -0.4 is 0 Å². The van der Waals surface area contributed by atoms with Crippen molar-refractivity contribution in [2.75, 3.05) is 0 Å². The van der Waals surface area contributed by atoms with E-state index in [4.69, 9.17) is 10.2 Å². The monoisotopic (exact) mass is 260 g/mol. The first-order valence-electron chi connectivity index (χ1n) is 5.53. The lowest BCUT2D eigenvalue weighted by molar-refractivity contribution is 0.0696. The van der Waals surface area contributed by atoms with Gasteiger partial charge in [-0.1, -0.05) is 0 Å². The molecule has 0 saturated carbocycles. The molecule has 0 spiro atoms. The van der Waals surface area contributed by atoms with Gasteiger partial charge in [-0.15, -0.1) is 0 Å². The molecule has 1 heterocycles. The normalized spacial score (nSPS) is 10.4. The molecule has 0 unspecified atom stereocenters. The summed E-state index contributed by atoms with van der Waals surface area (Å²) in [5, 5.41) is 24.9. The minimum Gasteiger partial charge on any atom is -0.478 e. The van der Waals surface area contributed by atoms with E-state index in [9.17, 15) is 9.59 Å². The number of aryl methyl sites for hydroxylation is 2. The van der Waals surface area contributed by atoms with E-state index >= 15 is 0 Å². The van der Waals surface area contributed by atoms with Gasteiger partial charge in [-0.25, -0.2) is 9.59 Å². The molecule has 0 aliphatic heterocycles. The molecule has 6 heteroatoms. The Morgan fingerprint density at radius 1 is 1.05 bits per heavy atom. The third-order valence-electron chi connectivity index (χ3n) is 2.84. The van der Waals surface area contributed by atoms with Crippen molar-refractivity contribution in [2.24, 2.45) is 0 Å². The number of nitrogens with one attached hydrogen (secondary N) is 1. The Kier molecular flexibility index (Phi) is 3.08. The first-order valence-corrected chi connectivity index (χ1v) is 5.53. The minimum absolute atomic E-state index is 0.0603. The van der Waals surface area contributed by atoms with E-state index in [1.54, 1.807) is 13.8 Å². The van der Waals surface area contributed by atoms with Crippen LogP contribution in [0.5, 0.6) is 0 Å². The highest BCUT2D eigenvalue weighted by atomic mass is 16.4. The van der Waals surface area contributed by atoms with E-state index in [2.05, 4.69) is 10.2 Å². The number of carboxylic acids is 2. The van der Waals surface area contributed by atoms with Gasteiger partial charge in [-0.3, -0.25) is 5.10 Å². The molecule has 3 N–H and O–H groups in total. The third-order valence-corrected chi connectivity index (χ3v) is 2.84. The molecule has 1 aromatic carbocycles. The Bertz CT molecular complexity index is 622. The van der Waals surface area contributed by atoms with Crippen molar-refractivity contribution in [1.29, 1.82) is 0 Å². The number of carbonyl (C=O) groups is 2. The molecule has 0 saturated heterocycles. The molecule has 0 fully saturated rings. The molecule has 98 valence electrons. The van der Waals surface area contributed by atoms with Crippen LogP contribution in [0, 0.1) is 13.8 Å². The second-order valence-electron chi connectivity index (χ2n) is 4.22. The molecule has 0 bridgehead atoms. The SMILES string of the molecule is Cc1n[nH]c(C)c1-c1cc(C(=O)O)cc(C(=O)O)c1. The molecule has 2 rings (SSSR count). The molecule has 0 aliphatic carbocycles. The van der Waals surface area contributed by atoms with E-state index in [0.717, 1.165) is 17.3 Å². The van der Waals surface area contributed by atoms with Gasteiger partial charge >= 0.3 is 11.9 Å². The Balaban J connectivity index is 2.70. The number of nitrogens with zero attached hydrogens (tertiary/aromatic N) is 1. The molecule has 6 nitrogen and oxygen atoms in total. The van der Waals surface area contributed by atoms with Crippen LogP contribution in [0.2, 0.25) is 0 Å². The summed E-state index contributed by atoms with van der Waals surface area (Å²) in [4.78, 5) is 22.1. The third kappa shape index (κ3) is 2.33. The summed E-state index contributed by atoms with van der Waals surface area (Å²) in [6.45, 7) is 3.57. The fourth-order valence-electron chi connectivity index (χ4n) is 2.00. The van der Waals surface area contributed by atoms with Gasteiger partial charge < -0.3 is 10.2 Å². The molecular formula is C13H12N2O4. The van der Waals surface area contributed by atoms with Gasteiger partial charge in [0.05, 0.1) is 16.8 Å². The predicted molar refractivity (Wildman–Crippen MR) is 67.4 cm³/mol. The summed E-state index contributed by atoms with van der Waals surface area (Å²) in [6, 6.07) is 4.03. The molecule has 2 aromatic rings. The summed E-state index contributed by atoms with van der Waals surface area (Å²) in [5.41, 5.74) is 2.59. The van der Waals surface area contributed by atoms with E-state index < -0.39 is 11.9 Å². The number of benzene rings is 1. The summed E-state index contributed by atoms with van der Waals surface area (Å²) in [7, 11) is 0. The molecule has 0 radical (unpaired) electrons. The van der Waals surface area contributed by atoms with Crippen LogP contribution in [0.3, 0.4) is 0 Å². The Morgan fingerprint density at radius 3 is 1.95 bits per heavy atom. The smallest absolute Gasteiger partial charge is 0.335 e. The van der Waals surface area contributed by atoms with Gasteiger partial charge in [0.1, 0.15) is 0 Å². The lowest BCUT2D eigenvalue weighted by Gasteiger charge is -2.06. The van der Waals surface area contributed by atoms with Crippen LogP contribution in [0.15, 0.2) is 18.2 Å². The number of hydrogen-bond donors (Lipinski definition) is 3. The fourth-order valence-corrected chi connectivity index (χ4v) is 2.00. The van der Waals surface area contributed by atoms with Gasteiger partial charge in [0, 0.05) is 11.3 Å². The van der Waals surface area contributed by atoms with E-state index in [-0.39, 0.29) is 11.1 Å². The predicted octanol–water partition coefficient (Wildman–Crippen LogP) is 2.09. The summed E-state index contributed by atoms with van der Waals surface area (Å²) in [6.07, 6.45) is 0. The standard InChI is InChI=1S/C13H12N2O4/c1-6-11(7(2)15-14-6)8-3-9(12(16)17)5-10(4-8)13(18)19/h3-5H,1-2H3,(H,14,15)(H,16,17)(H,18,19). The van der Waals surface area contributed by atoms with Gasteiger partial charge in [0.2, 0.25) is 0 Å². The first kappa shape index (κ1) is 12.8. The van der Waals surface area contributed by atoms with Crippen molar-refractivity contribution >= 4 is 11.9 Å². The zero-order valence-corrected chi connectivity index (χ0v) is 10.4. The van der Waals surface area contributed by atoms with E-state index in [0.29, 0.717) is 11.3 Å². The van der Waals surface area contributed by atoms with E-state index in [1.807, 2.05) is 0 Å². The van der Waals surface area contributed by atoms with E-state index in [1.165, 1.54) is 12.1 Å².